The van der Waals surface area contributed by atoms with Crippen LogP contribution in [-0.2, 0) is 16.1 Å². The van der Waals surface area contributed by atoms with Gasteiger partial charge in [0, 0.05) is 50.8 Å². The van der Waals surface area contributed by atoms with Crippen molar-refractivity contribution in [1.82, 2.24) is 14.7 Å². The molecular formula is C26H32ClN3O5. The summed E-state index contributed by atoms with van der Waals surface area (Å²) < 4.78 is 12.4. The summed E-state index contributed by atoms with van der Waals surface area (Å²) in [5.74, 6) is -0.194. The summed E-state index contributed by atoms with van der Waals surface area (Å²) in [6.45, 7) is 5.74. The van der Waals surface area contributed by atoms with Crippen molar-refractivity contribution in [1.29, 1.82) is 0 Å². The molecule has 2 heterocycles. The van der Waals surface area contributed by atoms with E-state index in [4.69, 9.17) is 26.2 Å². The first-order valence-electron chi connectivity index (χ1n) is 11.9. The molecule has 0 saturated carbocycles. The van der Waals surface area contributed by atoms with Gasteiger partial charge in [-0.3, -0.25) is 9.69 Å². The number of morpholine rings is 1. The first kappa shape index (κ1) is 25.4. The average molecular weight is 502 g/mol. The Bertz CT molecular complexity index is 1010. The second kappa shape index (κ2) is 11.4. The van der Waals surface area contributed by atoms with Crippen molar-refractivity contribution >= 4 is 23.5 Å². The van der Waals surface area contributed by atoms with Crippen LogP contribution in [0.4, 0.5) is 0 Å². The Kier molecular flexibility index (Phi) is 8.28. The molecule has 0 aliphatic carbocycles. The lowest BCUT2D eigenvalue weighted by Crippen LogP contribution is -2.58. The highest BCUT2D eigenvalue weighted by molar-refractivity contribution is 6.30. The molecule has 1 atom stereocenters. The summed E-state index contributed by atoms with van der Waals surface area (Å²) in [7, 11) is 2.06. The Hall–Kier alpha value is -2.65. The van der Waals surface area contributed by atoms with Crippen molar-refractivity contribution in [2.45, 2.75) is 18.6 Å². The highest BCUT2D eigenvalue weighted by atomic mass is 35.5. The minimum Gasteiger partial charge on any atom is -0.491 e. The predicted molar refractivity (Wildman–Crippen MR) is 133 cm³/mol. The summed E-state index contributed by atoms with van der Waals surface area (Å²) in [6.07, 6.45) is 0.235. The van der Waals surface area contributed by atoms with E-state index in [9.17, 15) is 9.59 Å². The van der Waals surface area contributed by atoms with E-state index in [2.05, 4.69) is 16.8 Å². The van der Waals surface area contributed by atoms with Gasteiger partial charge in [-0.2, -0.15) is 0 Å². The van der Waals surface area contributed by atoms with Gasteiger partial charge in [-0.1, -0.05) is 23.7 Å². The van der Waals surface area contributed by atoms with Crippen molar-refractivity contribution in [3.8, 4) is 5.75 Å². The fourth-order valence-electron chi connectivity index (χ4n) is 4.50. The van der Waals surface area contributed by atoms with Gasteiger partial charge in [-0.15, -0.1) is 0 Å². The molecule has 1 N–H and O–H groups in total. The fraction of sp³-hybridized carbons (Fsp3) is 0.462. The van der Waals surface area contributed by atoms with Gasteiger partial charge in [0.2, 0.25) is 5.91 Å². The molecule has 2 aliphatic rings. The first-order valence-corrected chi connectivity index (χ1v) is 12.2. The average Bonchev–Trinajstić information content (AvgIpc) is 2.85. The Balaban J connectivity index is 1.47. The van der Waals surface area contributed by atoms with E-state index in [1.165, 1.54) is 0 Å². The van der Waals surface area contributed by atoms with E-state index in [1.807, 2.05) is 29.2 Å². The largest absolute Gasteiger partial charge is 0.491 e. The number of carboxylic acids is 1. The number of piperazine rings is 1. The summed E-state index contributed by atoms with van der Waals surface area (Å²) in [5, 5.41) is 9.78. The molecule has 4 rings (SSSR count). The number of nitrogens with zero attached hydrogens (tertiary/aromatic N) is 3. The Morgan fingerprint density at radius 1 is 1.03 bits per heavy atom. The van der Waals surface area contributed by atoms with E-state index in [1.54, 1.807) is 24.3 Å². The molecule has 0 bridgehead atoms. The molecule has 2 fully saturated rings. The van der Waals surface area contributed by atoms with Gasteiger partial charge >= 0.3 is 5.97 Å². The van der Waals surface area contributed by atoms with Crippen LogP contribution in [0.15, 0.2) is 48.5 Å². The van der Waals surface area contributed by atoms with Gasteiger partial charge in [0.15, 0.2) is 0 Å². The van der Waals surface area contributed by atoms with E-state index < -0.39 is 11.6 Å². The maximum absolute atomic E-state index is 13.3. The summed E-state index contributed by atoms with van der Waals surface area (Å²) in [4.78, 5) is 30.8. The van der Waals surface area contributed by atoms with E-state index in [0.717, 1.165) is 18.7 Å². The summed E-state index contributed by atoms with van der Waals surface area (Å²) in [6, 6.07) is 14.1. The van der Waals surface area contributed by atoms with Crippen LogP contribution in [-0.4, -0.2) is 96.8 Å². The number of ether oxygens (including phenoxy) is 2. The van der Waals surface area contributed by atoms with Gasteiger partial charge in [0.05, 0.1) is 18.6 Å². The van der Waals surface area contributed by atoms with Crippen molar-refractivity contribution in [2.24, 2.45) is 0 Å². The normalized spacial score (nSPS) is 21.6. The van der Waals surface area contributed by atoms with Crippen LogP contribution in [0.1, 0.15) is 22.3 Å². The lowest BCUT2D eigenvalue weighted by atomic mass is 9.96. The van der Waals surface area contributed by atoms with Gasteiger partial charge in [-0.05, 0) is 49.0 Å². The van der Waals surface area contributed by atoms with Crippen LogP contribution in [0, 0.1) is 0 Å². The number of carbonyl (C=O) groups excluding carboxylic acids is 1. The summed E-state index contributed by atoms with van der Waals surface area (Å²) >= 11 is 6.00. The molecule has 2 aliphatic heterocycles. The zero-order chi connectivity index (χ0) is 24.8. The number of hydrogen-bond acceptors (Lipinski definition) is 6. The number of aromatic carboxylic acids is 1. The molecule has 35 heavy (non-hydrogen) atoms. The molecule has 0 unspecified atom stereocenters. The van der Waals surface area contributed by atoms with E-state index >= 15 is 0 Å². The maximum Gasteiger partial charge on any atom is 0.335 e. The Morgan fingerprint density at radius 3 is 2.37 bits per heavy atom. The number of amides is 1. The molecule has 2 saturated heterocycles. The number of carboxylic acid groups (broad SMARTS) is 1. The minimum absolute atomic E-state index is 0.0745. The molecule has 2 aromatic carbocycles. The number of halogens is 1. The van der Waals surface area contributed by atoms with Crippen LogP contribution in [0.25, 0.3) is 0 Å². The van der Waals surface area contributed by atoms with Gasteiger partial charge in [0.25, 0.3) is 0 Å². The zero-order valence-electron chi connectivity index (χ0n) is 20.0. The Labute approximate surface area is 211 Å². The third kappa shape index (κ3) is 6.95. The first-order chi connectivity index (χ1) is 16.8. The standard InChI is InChI=1S/C26H32ClN3O5/c1-28-10-12-30(13-11-28)24(31)16-26(19-34-23-8-6-22(27)7-9-23)18-29(14-15-35-26)17-20-2-4-21(5-3-20)25(32)33/h2-9H,10-19H2,1H3,(H,32,33)/t26-/m0/s1. The summed E-state index contributed by atoms with van der Waals surface area (Å²) in [5.41, 5.74) is 0.480. The van der Waals surface area contributed by atoms with Crippen LogP contribution in [0.2, 0.25) is 5.02 Å². The third-order valence-corrected chi connectivity index (χ3v) is 6.83. The number of benzene rings is 2. The van der Waals surface area contributed by atoms with Crippen LogP contribution >= 0.6 is 11.6 Å². The smallest absolute Gasteiger partial charge is 0.335 e. The molecule has 0 radical (unpaired) electrons. The van der Waals surface area contributed by atoms with E-state index in [-0.39, 0.29) is 24.5 Å². The van der Waals surface area contributed by atoms with Gasteiger partial charge in [-0.25, -0.2) is 4.79 Å². The number of carbonyl (C=O) groups is 2. The second-order valence-corrected chi connectivity index (χ2v) is 9.78. The van der Waals surface area contributed by atoms with E-state index in [0.29, 0.717) is 50.1 Å². The number of rotatable bonds is 8. The molecule has 0 aromatic heterocycles. The second-order valence-electron chi connectivity index (χ2n) is 9.35. The van der Waals surface area contributed by atoms with Crippen molar-refractivity contribution < 1.29 is 24.2 Å². The van der Waals surface area contributed by atoms with Crippen molar-refractivity contribution in [2.75, 3.05) is 59.5 Å². The molecule has 1 amide bonds. The lowest BCUT2D eigenvalue weighted by Gasteiger charge is -2.43. The van der Waals surface area contributed by atoms with Crippen molar-refractivity contribution in [3.05, 3.63) is 64.7 Å². The monoisotopic (exact) mass is 501 g/mol. The minimum atomic E-state index is -0.941. The molecule has 2 aromatic rings. The molecule has 9 heteroatoms. The van der Waals surface area contributed by atoms with Crippen LogP contribution in [0.5, 0.6) is 5.75 Å². The Morgan fingerprint density at radius 2 is 1.71 bits per heavy atom. The topological polar surface area (TPSA) is 82.6 Å². The molecule has 188 valence electrons. The molecule has 0 spiro atoms. The predicted octanol–water partition coefficient (Wildman–Crippen LogP) is 2.85. The maximum atomic E-state index is 13.3. The highest BCUT2D eigenvalue weighted by Gasteiger charge is 2.41. The number of likely N-dealkylation sites (N-methyl/N-ethyl adjacent to an activating group) is 1. The van der Waals surface area contributed by atoms with Gasteiger partial charge in [0.1, 0.15) is 18.0 Å². The van der Waals surface area contributed by atoms with Crippen LogP contribution in [0.3, 0.4) is 0 Å². The third-order valence-electron chi connectivity index (χ3n) is 6.58. The lowest BCUT2D eigenvalue weighted by molar-refractivity contribution is -0.157. The van der Waals surface area contributed by atoms with Gasteiger partial charge < -0.3 is 24.4 Å². The molecular weight excluding hydrogens is 470 g/mol. The van der Waals surface area contributed by atoms with Crippen LogP contribution < -0.4 is 4.74 Å². The van der Waals surface area contributed by atoms with Crippen molar-refractivity contribution in [3.63, 3.8) is 0 Å². The quantitative estimate of drug-likeness (QED) is 0.595. The SMILES string of the molecule is CN1CCN(C(=O)C[C@@]2(COc3ccc(Cl)cc3)CN(Cc3ccc(C(=O)O)cc3)CCO2)CC1. The fourth-order valence-corrected chi connectivity index (χ4v) is 4.63. The zero-order valence-corrected chi connectivity index (χ0v) is 20.7. The highest BCUT2D eigenvalue weighted by Crippen LogP contribution is 2.27. The number of hydrogen-bond donors (Lipinski definition) is 1. The molecule has 8 nitrogen and oxygen atoms in total.